The zero-order valence-electron chi connectivity index (χ0n) is 15.3. The second kappa shape index (κ2) is 9.14. The highest BCUT2D eigenvalue weighted by atomic mass is 16.5. The SMILES string of the molecule is COc1cccc(CCNC(=O)c2ccc(Nc3ccccc3C#N)nn2)c1. The van der Waals surface area contributed by atoms with Crippen LogP contribution in [0.15, 0.2) is 60.7 Å². The van der Waals surface area contributed by atoms with E-state index < -0.39 is 0 Å². The van der Waals surface area contributed by atoms with Crippen LogP contribution in [0.5, 0.6) is 5.75 Å². The third-order valence-corrected chi connectivity index (χ3v) is 4.04. The monoisotopic (exact) mass is 373 g/mol. The zero-order chi connectivity index (χ0) is 19.8. The van der Waals surface area contributed by atoms with Gasteiger partial charge in [-0.25, -0.2) is 0 Å². The number of aromatic nitrogens is 2. The van der Waals surface area contributed by atoms with Crippen molar-refractivity contribution in [1.29, 1.82) is 5.26 Å². The highest BCUT2D eigenvalue weighted by Gasteiger charge is 2.09. The summed E-state index contributed by atoms with van der Waals surface area (Å²) in [4.78, 5) is 12.2. The van der Waals surface area contributed by atoms with Crippen molar-refractivity contribution in [3.63, 3.8) is 0 Å². The molecule has 0 saturated heterocycles. The van der Waals surface area contributed by atoms with Crippen LogP contribution in [0.1, 0.15) is 21.6 Å². The van der Waals surface area contributed by atoms with Crippen molar-refractivity contribution in [2.75, 3.05) is 19.0 Å². The van der Waals surface area contributed by atoms with Gasteiger partial charge in [0, 0.05) is 6.54 Å². The number of ether oxygens (including phenoxy) is 1. The minimum absolute atomic E-state index is 0.227. The number of carbonyl (C=O) groups is 1. The third kappa shape index (κ3) is 4.83. The molecular weight excluding hydrogens is 354 g/mol. The lowest BCUT2D eigenvalue weighted by atomic mass is 10.1. The van der Waals surface area contributed by atoms with Gasteiger partial charge in [0.1, 0.15) is 11.8 Å². The summed E-state index contributed by atoms with van der Waals surface area (Å²) >= 11 is 0. The summed E-state index contributed by atoms with van der Waals surface area (Å²) < 4.78 is 5.19. The molecule has 0 unspecified atom stereocenters. The lowest BCUT2D eigenvalue weighted by molar-refractivity contribution is 0.0948. The van der Waals surface area contributed by atoms with Gasteiger partial charge in [-0.15, -0.1) is 10.2 Å². The summed E-state index contributed by atoms with van der Waals surface area (Å²) in [7, 11) is 1.62. The first kappa shape index (κ1) is 18.9. The number of nitrogens with one attached hydrogen (secondary N) is 2. The average molecular weight is 373 g/mol. The van der Waals surface area contributed by atoms with Gasteiger partial charge in [-0.05, 0) is 48.4 Å². The van der Waals surface area contributed by atoms with E-state index in [0.29, 0.717) is 30.0 Å². The van der Waals surface area contributed by atoms with Gasteiger partial charge in [0.25, 0.3) is 5.91 Å². The molecule has 3 rings (SSSR count). The molecule has 0 aliphatic heterocycles. The number of hydrogen-bond donors (Lipinski definition) is 2. The molecule has 0 saturated carbocycles. The summed E-state index contributed by atoms with van der Waals surface area (Å²) in [5.74, 6) is 0.950. The van der Waals surface area contributed by atoms with E-state index in [2.05, 4.69) is 26.9 Å². The van der Waals surface area contributed by atoms with E-state index >= 15 is 0 Å². The number of benzene rings is 2. The Balaban J connectivity index is 1.55. The fourth-order valence-corrected chi connectivity index (χ4v) is 2.59. The summed E-state index contributed by atoms with van der Waals surface area (Å²) in [6.45, 7) is 0.475. The first-order valence-electron chi connectivity index (χ1n) is 8.70. The number of para-hydroxylation sites is 1. The van der Waals surface area contributed by atoms with Gasteiger partial charge in [-0.1, -0.05) is 24.3 Å². The van der Waals surface area contributed by atoms with Gasteiger partial charge >= 0.3 is 0 Å². The van der Waals surface area contributed by atoms with E-state index in [1.165, 1.54) is 0 Å². The number of rotatable bonds is 7. The Hall–Kier alpha value is -3.92. The fraction of sp³-hybridized carbons (Fsp3) is 0.143. The van der Waals surface area contributed by atoms with Crippen LogP contribution in [0.25, 0.3) is 0 Å². The van der Waals surface area contributed by atoms with E-state index in [-0.39, 0.29) is 11.6 Å². The molecule has 3 aromatic rings. The largest absolute Gasteiger partial charge is 0.497 e. The van der Waals surface area contributed by atoms with Crippen LogP contribution < -0.4 is 15.4 Å². The topological polar surface area (TPSA) is 99.9 Å². The maximum absolute atomic E-state index is 12.2. The summed E-state index contributed by atoms with van der Waals surface area (Å²) in [6, 6.07) is 20.1. The molecule has 0 aliphatic carbocycles. The Labute approximate surface area is 163 Å². The van der Waals surface area contributed by atoms with E-state index in [4.69, 9.17) is 10.00 Å². The van der Waals surface area contributed by atoms with Crippen molar-refractivity contribution in [2.45, 2.75) is 6.42 Å². The molecule has 0 radical (unpaired) electrons. The number of nitriles is 1. The minimum Gasteiger partial charge on any atom is -0.497 e. The van der Waals surface area contributed by atoms with Crippen LogP contribution in [-0.2, 0) is 6.42 Å². The molecule has 7 heteroatoms. The molecule has 0 fully saturated rings. The van der Waals surface area contributed by atoms with E-state index in [0.717, 1.165) is 11.3 Å². The molecule has 0 aliphatic rings. The number of amides is 1. The van der Waals surface area contributed by atoms with Crippen LogP contribution in [0, 0.1) is 11.3 Å². The summed E-state index contributed by atoms with van der Waals surface area (Å²) in [5.41, 5.74) is 2.43. The van der Waals surface area contributed by atoms with Crippen LogP contribution in [-0.4, -0.2) is 29.8 Å². The number of anilines is 2. The van der Waals surface area contributed by atoms with Gasteiger partial charge in [0.15, 0.2) is 11.5 Å². The van der Waals surface area contributed by atoms with E-state index in [1.54, 1.807) is 37.4 Å². The molecule has 0 bridgehead atoms. The maximum atomic E-state index is 12.2. The molecular formula is C21H19N5O2. The first-order chi connectivity index (χ1) is 13.7. The van der Waals surface area contributed by atoms with Crippen molar-refractivity contribution < 1.29 is 9.53 Å². The fourth-order valence-electron chi connectivity index (χ4n) is 2.59. The lowest BCUT2D eigenvalue weighted by Gasteiger charge is -2.08. The van der Waals surface area contributed by atoms with Gasteiger partial charge in [-0.2, -0.15) is 5.26 Å². The quantitative estimate of drug-likeness (QED) is 0.660. The summed E-state index contributed by atoms with van der Waals surface area (Å²) in [5, 5.41) is 22.9. The maximum Gasteiger partial charge on any atom is 0.271 e. The second-order valence-electron chi connectivity index (χ2n) is 5.94. The molecule has 28 heavy (non-hydrogen) atoms. The van der Waals surface area contributed by atoms with Crippen molar-refractivity contribution in [3.8, 4) is 11.8 Å². The Morgan fingerprint density at radius 1 is 1.11 bits per heavy atom. The van der Waals surface area contributed by atoms with Crippen molar-refractivity contribution >= 4 is 17.4 Å². The molecule has 1 amide bonds. The molecule has 0 spiro atoms. The molecule has 1 heterocycles. The van der Waals surface area contributed by atoms with E-state index in [1.807, 2.05) is 30.3 Å². The van der Waals surface area contributed by atoms with Crippen molar-refractivity contribution in [3.05, 3.63) is 77.5 Å². The van der Waals surface area contributed by atoms with Gasteiger partial charge < -0.3 is 15.4 Å². The molecule has 1 aromatic heterocycles. The van der Waals surface area contributed by atoms with Gasteiger partial charge in [0.05, 0.1) is 18.4 Å². The number of carbonyl (C=O) groups excluding carboxylic acids is 1. The summed E-state index contributed by atoms with van der Waals surface area (Å²) in [6.07, 6.45) is 0.681. The number of nitrogens with zero attached hydrogens (tertiary/aromatic N) is 3. The van der Waals surface area contributed by atoms with Crippen molar-refractivity contribution in [1.82, 2.24) is 15.5 Å². The Bertz CT molecular complexity index is 996. The minimum atomic E-state index is -0.292. The van der Waals surface area contributed by atoms with Crippen LogP contribution in [0.3, 0.4) is 0 Å². The van der Waals surface area contributed by atoms with Gasteiger partial charge in [-0.3, -0.25) is 4.79 Å². The normalized spacial score (nSPS) is 10.0. The second-order valence-corrected chi connectivity index (χ2v) is 5.94. The van der Waals surface area contributed by atoms with Crippen LogP contribution in [0.2, 0.25) is 0 Å². The zero-order valence-corrected chi connectivity index (χ0v) is 15.3. The van der Waals surface area contributed by atoms with Crippen LogP contribution >= 0.6 is 0 Å². The standard InChI is InChI=1S/C21H19N5O2/c1-28-17-7-4-5-15(13-17)11-12-23-21(27)19-9-10-20(26-25-19)24-18-8-3-2-6-16(18)14-22/h2-10,13H,11-12H2,1H3,(H,23,27)(H,24,26). The lowest BCUT2D eigenvalue weighted by Crippen LogP contribution is -2.26. The Morgan fingerprint density at radius 3 is 2.71 bits per heavy atom. The Morgan fingerprint density at radius 2 is 1.96 bits per heavy atom. The number of methoxy groups -OCH3 is 1. The smallest absolute Gasteiger partial charge is 0.271 e. The first-order valence-corrected chi connectivity index (χ1v) is 8.70. The van der Waals surface area contributed by atoms with Crippen LogP contribution in [0.4, 0.5) is 11.5 Å². The number of hydrogen-bond acceptors (Lipinski definition) is 6. The van der Waals surface area contributed by atoms with Gasteiger partial charge in [0.2, 0.25) is 0 Å². The average Bonchev–Trinajstić information content (AvgIpc) is 2.74. The molecule has 140 valence electrons. The Kier molecular flexibility index (Phi) is 6.16. The molecule has 2 N–H and O–H groups in total. The third-order valence-electron chi connectivity index (χ3n) is 4.04. The highest BCUT2D eigenvalue weighted by molar-refractivity contribution is 5.92. The highest BCUT2D eigenvalue weighted by Crippen LogP contribution is 2.18. The van der Waals surface area contributed by atoms with Crippen molar-refractivity contribution in [2.24, 2.45) is 0 Å². The molecule has 0 atom stereocenters. The van der Waals surface area contributed by atoms with E-state index in [9.17, 15) is 4.79 Å². The predicted octanol–water partition coefficient (Wildman–Crippen LogP) is 3.07. The predicted molar refractivity (Wildman–Crippen MR) is 106 cm³/mol. The molecule has 2 aromatic carbocycles. The molecule has 7 nitrogen and oxygen atoms in total.